The van der Waals surface area contributed by atoms with Gasteiger partial charge in [-0.2, -0.15) is 0 Å². The number of terminal acetylenes is 1. The Labute approximate surface area is 214 Å². The van der Waals surface area contributed by atoms with Crippen LogP contribution in [0.3, 0.4) is 0 Å². The van der Waals surface area contributed by atoms with E-state index >= 15 is 0 Å². The Balaban J connectivity index is 1.31. The summed E-state index contributed by atoms with van der Waals surface area (Å²) in [6, 6.07) is 8.70. The zero-order chi connectivity index (χ0) is 25.7. The van der Waals surface area contributed by atoms with Crippen molar-refractivity contribution in [2.75, 3.05) is 11.9 Å². The molecular weight excluding hydrogens is 478 g/mol. The van der Waals surface area contributed by atoms with E-state index in [1.807, 2.05) is 13.0 Å². The van der Waals surface area contributed by atoms with Crippen molar-refractivity contribution in [3.05, 3.63) is 63.4 Å². The van der Waals surface area contributed by atoms with Gasteiger partial charge < -0.3 is 25.0 Å². The van der Waals surface area contributed by atoms with E-state index in [9.17, 15) is 14.7 Å². The van der Waals surface area contributed by atoms with Crippen molar-refractivity contribution in [3.8, 4) is 18.1 Å². The molecule has 0 fully saturated rings. The molecule has 0 saturated carbocycles. The van der Waals surface area contributed by atoms with Gasteiger partial charge in [0.15, 0.2) is 0 Å². The Kier molecular flexibility index (Phi) is 7.96. The average molecular weight is 508 g/mol. The number of rotatable bonds is 8. The number of phenols is 1. The summed E-state index contributed by atoms with van der Waals surface area (Å²) in [5.74, 6) is 3.62. The number of aryl methyl sites for hydroxylation is 1. The fourth-order valence-corrected chi connectivity index (χ4v) is 5.69. The predicted molar refractivity (Wildman–Crippen MR) is 137 cm³/mol. The number of anilines is 1. The minimum Gasteiger partial charge on any atom is -0.508 e. The zero-order valence-corrected chi connectivity index (χ0v) is 21.1. The quantitative estimate of drug-likeness (QED) is 0.374. The van der Waals surface area contributed by atoms with Gasteiger partial charge in [-0.1, -0.05) is 30.1 Å². The number of ether oxygens (including phenoxy) is 1. The summed E-state index contributed by atoms with van der Waals surface area (Å²) in [5, 5.41) is 19.9. The number of hydrogen-bond acceptors (Lipinski definition) is 7. The van der Waals surface area contributed by atoms with Crippen LogP contribution in [0.2, 0.25) is 0 Å². The number of nitrogens with zero attached hydrogens (tertiary/aromatic N) is 1. The highest BCUT2D eigenvalue weighted by Gasteiger charge is 2.27. The minimum atomic E-state index is -0.495. The monoisotopic (exact) mass is 507 g/mol. The normalized spacial score (nSPS) is 15.4. The fraction of sp³-hybridized carbons (Fsp3) is 0.370. The van der Waals surface area contributed by atoms with E-state index in [0.717, 1.165) is 40.8 Å². The van der Waals surface area contributed by atoms with Gasteiger partial charge in [-0.15, -0.1) is 17.8 Å². The van der Waals surface area contributed by atoms with Crippen molar-refractivity contribution in [2.24, 2.45) is 5.92 Å². The summed E-state index contributed by atoms with van der Waals surface area (Å²) in [6.07, 6.45) is 7.94. The molecule has 3 N–H and O–H groups in total. The van der Waals surface area contributed by atoms with Gasteiger partial charge in [0.1, 0.15) is 22.2 Å². The van der Waals surface area contributed by atoms with Crippen LogP contribution in [-0.2, 0) is 28.9 Å². The zero-order valence-electron chi connectivity index (χ0n) is 20.3. The molecule has 4 rings (SSSR count). The number of phenolic OH excluding ortho intramolecular Hbond substituents is 1. The van der Waals surface area contributed by atoms with E-state index in [2.05, 4.69) is 21.7 Å². The number of fused-ring (bicyclic) bond motifs is 1. The van der Waals surface area contributed by atoms with Crippen LogP contribution in [0.4, 0.5) is 9.80 Å². The number of aromatic hydroxyl groups is 1. The molecule has 0 saturated heterocycles. The molecule has 1 aliphatic rings. The topological polar surface area (TPSA) is 114 Å². The predicted octanol–water partition coefficient (Wildman–Crippen LogP) is 4.90. The Morgan fingerprint density at radius 3 is 2.94 bits per heavy atom. The highest BCUT2D eigenvalue weighted by molar-refractivity contribution is 7.16. The number of aromatic nitrogens is 1. The van der Waals surface area contributed by atoms with Gasteiger partial charge in [0, 0.05) is 17.4 Å². The molecule has 2 unspecified atom stereocenters. The molecule has 2 heterocycles. The molecule has 1 aliphatic carbocycles. The van der Waals surface area contributed by atoms with Gasteiger partial charge >= 0.3 is 6.09 Å². The lowest BCUT2D eigenvalue weighted by molar-refractivity contribution is -0.116. The van der Waals surface area contributed by atoms with E-state index in [0.29, 0.717) is 23.1 Å². The molecule has 8 nitrogen and oxygen atoms in total. The van der Waals surface area contributed by atoms with E-state index in [-0.39, 0.29) is 36.5 Å². The lowest BCUT2D eigenvalue weighted by atomic mass is 9.87. The highest BCUT2D eigenvalue weighted by atomic mass is 32.1. The second kappa shape index (κ2) is 11.3. The third kappa shape index (κ3) is 6.26. The number of hydrogen-bond donors (Lipinski definition) is 3. The fourth-order valence-electron chi connectivity index (χ4n) is 4.35. The maximum Gasteiger partial charge on any atom is 0.407 e. The molecule has 0 radical (unpaired) electrons. The second-order valence-corrected chi connectivity index (χ2v) is 10.2. The largest absolute Gasteiger partial charge is 0.508 e. The first-order valence-electron chi connectivity index (χ1n) is 11.8. The van der Waals surface area contributed by atoms with E-state index in [4.69, 9.17) is 15.7 Å². The standard InChI is InChI=1S/C27H29N3O5S/c1-4-22-23-9-8-18(15-34-27(33)28-14-20-11-17(3)35-30-20)12-24(23)36-26(22)29-25(32)10-16(2)19-6-5-7-21(31)13-19/h1,5-7,11,13,16,18,31H,8-10,12,14-15H2,2-3H3,(H,28,33)(H,29,32). The maximum atomic E-state index is 12.8. The molecule has 188 valence electrons. The summed E-state index contributed by atoms with van der Waals surface area (Å²) in [7, 11) is 0. The smallest absolute Gasteiger partial charge is 0.407 e. The van der Waals surface area contributed by atoms with Crippen LogP contribution >= 0.6 is 11.3 Å². The molecule has 2 amide bonds. The molecule has 0 aliphatic heterocycles. The molecule has 1 aromatic carbocycles. The van der Waals surface area contributed by atoms with Gasteiger partial charge in [0.2, 0.25) is 5.91 Å². The summed E-state index contributed by atoms with van der Waals surface area (Å²) in [6.45, 7) is 4.28. The van der Waals surface area contributed by atoms with Crippen LogP contribution in [0.5, 0.6) is 5.75 Å². The SMILES string of the molecule is C#Cc1c(NC(=O)CC(C)c2cccc(O)c2)sc2c1CCC(COC(=O)NCc1cc(C)on1)C2. The summed E-state index contributed by atoms with van der Waals surface area (Å²) in [4.78, 5) is 26.0. The number of thiophene rings is 1. The number of amides is 2. The third-order valence-corrected chi connectivity index (χ3v) is 7.41. The molecule has 36 heavy (non-hydrogen) atoms. The van der Waals surface area contributed by atoms with Crippen molar-refractivity contribution >= 4 is 28.3 Å². The van der Waals surface area contributed by atoms with Crippen molar-refractivity contribution in [2.45, 2.75) is 52.0 Å². The highest BCUT2D eigenvalue weighted by Crippen LogP contribution is 2.39. The Morgan fingerprint density at radius 1 is 1.39 bits per heavy atom. The first-order chi connectivity index (χ1) is 17.3. The lowest BCUT2D eigenvalue weighted by Gasteiger charge is -2.22. The first-order valence-corrected chi connectivity index (χ1v) is 12.7. The van der Waals surface area contributed by atoms with E-state index in [1.54, 1.807) is 31.2 Å². The summed E-state index contributed by atoms with van der Waals surface area (Å²) < 4.78 is 10.4. The number of carbonyl (C=O) groups is 2. The van der Waals surface area contributed by atoms with Crippen molar-refractivity contribution in [1.82, 2.24) is 10.5 Å². The van der Waals surface area contributed by atoms with Crippen LogP contribution < -0.4 is 10.6 Å². The number of alkyl carbamates (subject to hydrolysis) is 1. The average Bonchev–Trinajstić information content (AvgIpc) is 3.42. The number of carbonyl (C=O) groups excluding carboxylic acids is 2. The van der Waals surface area contributed by atoms with Gasteiger partial charge in [0.25, 0.3) is 0 Å². The Bertz CT molecular complexity index is 1290. The van der Waals surface area contributed by atoms with E-state index < -0.39 is 6.09 Å². The number of nitrogens with one attached hydrogen (secondary N) is 2. The van der Waals surface area contributed by atoms with Crippen molar-refractivity contribution in [3.63, 3.8) is 0 Å². The summed E-state index contributed by atoms with van der Waals surface area (Å²) >= 11 is 1.50. The Hall–Kier alpha value is -3.77. The Morgan fingerprint density at radius 2 is 2.22 bits per heavy atom. The molecule has 2 atom stereocenters. The van der Waals surface area contributed by atoms with Crippen LogP contribution in [0, 0.1) is 25.2 Å². The van der Waals surface area contributed by atoms with Gasteiger partial charge in [-0.3, -0.25) is 4.79 Å². The molecule has 0 bridgehead atoms. The minimum absolute atomic E-state index is 0.0537. The van der Waals surface area contributed by atoms with Gasteiger partial charge in [-0.05, 0) is 61.3 Å². The molecular formula is C27H29N3O5S. The number of benzene rings is 1. The lowest BCUT2D eigenvalue weighted by Crippen LogP contribution is -2.27. The van der Waals surface area contributed by atoms with Crippen LogP contribution in [0.15, 0.2) is 34.9 Å². The van der Waals surface area contributed by atoms with Crippen LogP contribution in [-0.4, -0.2) is 28.9 Å². The summed E-state index contributed by atoms with van der Waals surface area (Å²) in [5.41, 5.74) is 3.38. The first kappa shape index (κ1) is 25.3. The van der Waals surface area contributed by atoms with Crippen molar-refractivity contribution in [1.29, 1.82) is 0 Å². The molecule has 3 aromatic rings. The maximum absolute atomic E-state index is 12.8. The van der Waals surface area contributed by atoms with Gasteiger partial charge in [0.05, 0.1) is 18.7 Å². The molecule has 0 spiro atoms. The van der Waals surface area contributed by atoms with Crippen molar-refractivity contribution < 1.29 is 24.0 Å². The van der Waals surface area contributed by atoms with Crippen LogP contribution in [0.25, 0.3) is 0 Å². The molecule has 9 heteroatoms. The second-order valence-electron chi connectivity index (χ2n) is 9.09. The third-order valence-electron chi connectivity index (χ3n) is 6.24. The molecule has 2 aromatic heterocycles. The van der Waals surface area contributed by atoms with Crippen LogP contribution in [0.1, 0.15) is 58.7 Å². The van der Waals surface area contributed by atoms with Gasteiger partial charge in [-0.25, -0.2) is 4.79 Å². The van der Waals surface area contributed by atoms with E-state index in [1.165, 1.54) is 11.3 Å².